The summed E-state index contributed by atoms with van der Waals surface area (Å²) in [5.41, 5.74) is 1.88. The van der Waals surface area contributed by atoms with Gasteiger partial charge in [0.05, 0.1) is 30.7 Å². The van der Waals surface area contributed by atoms with Crippen LogP contribution in [0.2, 0.25) is 0 Å². The van der Waals surface area contributed by atoms with E-state index >= 15 is 0 Å². The number of fused-ring (bicyclic) bond motifs is 1. The summed E-state index contributed by atoms with van der Waals surface area (Å²) in [6.07, 6.45) is 4.68. The van der Waals surface area contributed by atoms with E-state index in [9.17, 15) is 12.8 Å². The number of rotatable bonds is 4. The molecule has 3 heterocycles. The van der Waals surface area contributed by atoms with E-state index in [-0.39, 0.29) is 10.5 Å². The third-order valence-corrected chi connectivity index (χ3v) is 6.62. The molecule has 7 nitrogen and oxygen atoms in total. The Labute approximate surface area is 156 Å². The van der Waals surface area contributed by atoms with Gasteiger partial charge in [0, 0.05) is 24.0 Å². The van der Waals surface area contributed by atoms with Gasteiger partial charge in [-0.2, -0.15) is 4.31 Å². The van der Waals surface area contributed by atoms with Crippen molar-refractivity contribution in [3.05, 3.63) is 35.9 Å². The average Bonchev–Trinajstić information content (AvgIpc) is 3.32. The zero-order valence-corrected chi connectivity index (χ0v) is 15.8. The van der Waals surface area contributed by atoms with Gasteiger partial charge in [-0.3, -0.25) is 4.98 Å². The Kier molecular flexibility index (Phi) is 4.35. The Balaban J connectivity index is 1.94. The molecule has 1 fully saturated rings. The van der Waals surface area contributed by atoms with Gasteiger partial charge in [-0.25, -0.2) is 17.8 Å². The lowest BCUT2D eigenvalue weighted by atomic mass is 10.0. The lowest BCUT2D eigenvalue weighted by molar-refractivity contribution is 0.396. The van der Waals surface area contributed by atoms with Gasteiger partial charge < -0.3 is 9.72 Å². The molecule has 3 aromatic rings. The fourth-order valence-electron chi connectivity index (χ4n) is 3.48. The predicted molar refractivity (Wildman–Crippen MR) is 98.6 cm³/mol. The number of hydrogen-bond donors (Lipinski definition) is 1. The maximum atomic E-state index is 14.6. The monoisotopic (exact) mass is 390 g/mol. The van der Waals surface area contributed by atoms with Crippen molar-refractivity contribution < 1.29 is 17.5 Å². The molecule has 142 valence electrons. The van der Waals surface area contributed by atoms with Gasteiger partial charge in [0.25, 0.3) is 10.0 Å². The fraction of sp³-hybridized carbons (Fsp3) is 0.333. The Morgan fingerprint density at radius 3 is 2.67 bits per heavy atom. The highest BCUT2D eigenvalue weighted by molar-refractivity contribution is 7.89. The minimum atomic E-state index is -3.69. The second-order valence-corrected chi connectivity index (χ2v) is 8.44. The van der Waals surface area contributed by atoms with Gasteiger partial charge in [0.15, 0.2) is 0 Å². The SMILES string of the molecule is COc1cncc(-c2c(C)cc(F)c3[nH]c(S(=O)(=O)N4CCCC4)cc23)n1. The van der Waals surface area contributed by atoms with Crippen LogP contribution >= 0.6 is 0 Å². The van der Waals surface area contributed by atoms with Crippen LogP contribution in [-0.2, 0) is 10.0 Å². The molecule has 0 spiro atoms. The van der Waals surface area contributed by atoms with E-state index in [1.165, 1.54) is 29.7 Å². The Hall–Kier alpha value is -2.52. The van der Waals surface area contributed by atoms with E-state index in [1.807, 2.05) is 0 Å². The van der Waals surface area contributed by atoms with Crippen molar-refractivity contribution in [1.29, 1.82) is 0 Å². The third kappa shape index (κ3) is 2.96. The van der Waals surface area contributed by atoms with Crippen LogP contribution in [0, 0.1) is 12.7 Å². The number of halogens is 1. The molecule has 1 N–H and O–H groups in total. The van der Waals surface area contributed by atoms with Crippen molar-refractivity contribution in [2.24, 2.45) is 0 Å². The molecule has 1 aromatic carbocycles. The number of H-pyrrole nitrogens is 1. The van der Waals surface area contributed by atoms with Gasteiger partial charge in [-0.05, 0) is 37.5 Å². The molecule has 1 aliphatic rings. The van der Waals surface area contributed by atoms with E-state index < -0.39 is 15.8 Å². The fourth-order valence-corrected chi connectivity index (χ4v) is 4.99. The molecule has 2 aromatic heterocycles. The van der Waals surface area contributed by atoms with Gasteiger partial charge in [-0.1, -0.05) is 0 Å². The molecule has 0 saturated carbocycles. The van der Waals surface area contributed by atoms with Crippen molar-refractivity contribution in [3.8, 4) is 17.1 Å². The number of methoxy groups -OCH3 is 1. The zero-order valence-electron chi connectivity index (χ0n) is 15.0. The number of aryl methyl sites for hydroxylation is 1. The number of sulfonamides is 1. The van der Waals surface area contributed by atoms with Crippen LogP contribution in [0.1, 0.15) is 18.4 Å². The summed E-state index contributed by atoms with van der Waals surface area (Å²) in [5.74, 6) is -0.185. The smallest absolute Gasteiger partial charge is 0.258 e. The summed E-state index contributed by atoms with van der Waals surface area (Å²) in [6.45, 7) is 2.71. The van der Waals surface area contributed by atoms with Crippen molar-refractivity contribution >= 4 is 20.9 Å². The summed E-state index contributed by atoms with van der Waals surface area (Å²) >= 11 is 0. The number of nitrogens with zero attached hydrogens (tertiary/aromatic N) is 3. The first-order valence-electron chi connectivity index (χ1n) is 8.60. The number of benzene rings is 1. The molecule has 1 saturated heterocycles. The van der Waals surface area contributed by atoms with E-state index in [1.54, 1.807) is 13.1 Å². The normalized spacial score (nSPS) is 15.5. The quantitative estimate of drug-likeness (QED) is 0.740. The van der Waals surface area contributed by atoms with Crippen molar-refractivity contribution in [2.75, 3.05) is 20.2 Å². The van der Waals surface area contributed by atoms with E-state index in [0.29, 0.717) is 41.2 Å². The molecular formula is C18H19FN4O3S. The van der Waals surface area contributed by atoms with Crippen LogP contribution < -0.4 is 4.74 Å². The second kappa shape index (κ2) is 6.58. The minimum absolute atomic E-state index is 0.0130. The number of hydrogen-bond acceptors (Lipinski definition) is 5. The topological polar surface area (TPSA) is 88.2 Å². The maximum Gasteiger partial charge on any atom is 0.258 e. The molecular weight excluding hydrogens is 371 g/mol. The Morgan fingerprint density at radius 2 is 1.96 bits per heavy atom. The maximum absolute atomic E-state index is 14.6. The first-order valence-corrected chi connectivity index (χ1v) is 10.0. The standard InChI is InChI=1S/C18H19FN4O3S/c1-11-7-13(19)18-12(17(11)14-9-20-10-15(21-14)26-2)8-16(22-18)27(24,25)23-5-3-4-6-23/h7-10,22H,3-6H2,1-2H3. The van der Waals surface area contributed by atoms with Crippen molar-refractivity contribution in [3.63, 3.8) is 0 Å². The minimum Gasteiger partial charge on any atom is -0.480 e. The van der Waals surface area contributed by atoms with Crippen LogP contribution in [-0.4, -0.2) is 47.9 Å². The number of aromatic amines is 1. The van der Waals surface area contributed by atoms with Gasteiger partial charge in [0.1, 0.15) is 10.8 Å². The van der Waals surface area contributed by atoms with Crippen LogP contribution in [0.4, 0.5) is 4.39 Å². The van der Waals surface area contributed by atoms with E-state index in [0.717, 1.165) is 12.8 Å². The first kappa shape index (κ1) is 17.9. The highest BCUT2D eigenvalue weighted by Gasteiger charge is 2.30. The van der Waals surface area contributed by atoms with E-state index in [4.69, 9.17) is 4.74 Å². The van der Waals surface area contributed by atoms with Crippen LogP contribution in [0.25, 0.3) is 22.2 Å². The summed E-state index contributed by atoms with van der Waals surface area (Å²) in [5, 5.41) is 0.439. The largest absolute Gasteiger partial charge is 0.480 e. The predicted octanol–water partition coefficient (Wildman–Crippen LogP) is 2.87. The third-order valence-electron chi connectivity index (χ3n) is 4.80. The summed E-state index contributed by atoms with van der Waals surface area (Å²) in [6, 6.07) is 2.84. The molecule has 4 rings (SSSR count). The molecule has 1 aliphatic heterocycles. The van der Waals surface area contributed by atoms with E-state index in [2.05, 4.69) is 15.0 Å². The Bertz CT molecular complexity index is 1120. The van der Waals surface area contributed by atoms with Gasteiger partial charge >= 0.3 is 0 Å². The van der Waals surface area contributed by atoms with Crippen molar-refractivity contribution in [2.45, 2.75) is 24.8 Å². The lowest BCUT2D eigenvalue weighted by Gasteiger charge is -2.13. The van der Waals surface area contributed by atoms with Crippen molar-refractivity contribution in [1.82, 2.24) is 19.3 Å². The van der Waals surface area contributed by atoms with Crippen LogP contribution in [0.3, 0.4) is 0 Å². The number of aromatic nitrogens is 3. The highest BCUT2D eigenvalue weighted by atomic mass is 32.2. The summed E-state index contributed by atoms with van der Waals surface area (Å²) in [7, 11) is -2.21. The zero-order chi connectivity index (χ0) is 19.2. The summed E-state index contributed by atoms with van der Waals surface area (Å²) < 4.78 is 46.9. The molecule has 0 radical (unpaired) electrons. The van der Waals surface area contributed by atoms with Crippen LogP contribution in [0.5, 0.6) is 5.88 Å². The molecule has 0 bridgehead atoms. The second-order valence-electron chi connectivity index (χ2n) is 6.53. The lowest BCUT2D eigenvalue weighted by Crippen LogP contribution is -2.28. The van der Waals surface area contributed by atoms with Gasteiger partial charge in [0.2, 0.25) is 5.88 Å². The average molecular weight is 390 g/mol. The van der Waals surface area contributed by atoms with Gasteiger partial charge in [-0.15, -0.1) is 0 Å². The molecule has 0 unspecified atom stereocenters. The highest BCUT2D eigenvalue weighted by Crippen LogP contribution is 2.35. The molecule has 9 heteroatoms. The molecule has 0 atom stereocenters. The number of nitrogens with one attached hydrogen (secondary N) is 1. The molecule has 27 heavy (non-hydrogen) atoms. The number of ether oxygens (including phenoxy) is 1. The molecule has 0 aliphatic carbocycles. The molecule has 0 amide bonds. The van der Waals surface area contributed by atoms with Crippen LogP contribution in [0.15, 0.2) is 29.6 Å². The summed E-state index contributed by atoms with van der Waals surface area (Å²) in [4.78, 5) is 11.2. The first-order chi connectivity index (χ1) is 12.9. The Morgan fingerprint density at radius 1 is 1.22 bits per heavy atom.